The van der Waals surface area contributed by atoms with E-state index in [1.54, 1.807) is 0 Å². The zero-order valence-electron chi connectivity index (χ0n) is 12.9. The maximum Gasteiger partial charge on any atom is 0.329 e. The Bertz CT molecular complexity index is 707. The molecule has 118 valence electrons. The number of para-hydroxylation sites is 2. The van der Waals surface area contributed by atoms with E-state index in [-0.39, 0.29) is 5.69 Å². The molecule has 1 aliphatic carbocycles. The van der Waals surface area contributed by atoms with Crippen LogP contribution in [0.3, 0.4) is 0 Å². The SMILES string of the molecule is O=c1n(C/C=C\CCl)c2ccccc2n1CC1CCCCC1. The molecule has 0 spiro atoms. The molecule has 0 unspecified atom stereocenters. The molecular weight excluding hydrogens is 296 g/mol. The second kappa shape index (κ2) is 7.19. The lowest BCUT2D eigenvalue weighted by Gasteiger charge is -2.21. The third-order valence-electron chi connectivity index (χ3n) is 4.63. The lowest BCUT2D eigenvalue weighted by Crippen LogP contribution is -2.27. The van der Waals surface area contributed by atoms with Gasteiger partial charge in [-0.25, -0.2) is 4.79 Å². The Kier molecular flexibility index (Phi) is 5.04. The topological polar surface area (TPSA) is 26.9 Å². The average molecular weight is 319 g/mol. The molecule has 0 saturated heterocycles. The van der Waals surface area contributed by atoms with E-state index >= 15 is 0 Å². The van der Waals surface area contributed by atoms with Crippen molar-refractivity contribution < 1.29 is 0 Å². The van der Waals surface area contributed by atoms with Crippen molar-refractivity contribution in [2.45, 2.75) is 45.2 Å². The van der Waals surface area contributed by atoms with Crippen molar-refractivity contribution in [2.24, 2.45) is 5.92 Å². The van der Waals surface area contributed by atoms with Crippen LogP contribution in [0.15, 0.2) is 41.2 Å². The summed E-state index contributed by atoms with van der Waals surface area (Å²) in [4.78, 5) is 12.8. The van der Waals surface area contributed by atoms with E-state index in [0.29, 0.717) is 18.3 Å². The Morgan fingerprint density at radius 3 is 2.41 bits per heavy atom. The number of alkyl halides is 1. The van der Waals surface area contributed by atoms with Gasteiger partial charge in [0.2, 0.25) is 0 Å². The Morgan fingerprint density at radius 2 is 1.73 bits per heavy atom. The van der Waals surface area contributed by atoms with E-state index < -0.39 is 0 Å². The summed E-state index contributed by atoms with van der Waals surface area (Å²) in [6, 6.07) is 8.09. The highest BCUT2D eigenvalue weighted by atomic mass is 35.5. The first kappa shape index (κ1) is 15.4. The zero-order chi connectivity index (χ0) is 15.4. The lowest BCUT2D eigenvalue weighted by molar-refractivity contribution is 0.318. The van der Waals surface area contributed by atoms with Crippen LogP contribution in [0.25, 0.3) is 11.0 Å². The van der Waals surface area contributed by atoms with Gasteiger partial charge in [-0.3, -0.25) is 9.13 Å². The molecule has 0 bridgehead atoms. The number of benzene rings is 1. The van der Waals surface area contributed by atoms with Crippen molar-refractivity contribution in [3.05, 3.63) is 46.9 Å². The van der Waals surface area contributed by atoms with Gasteiger partial charge in [0.15, 0.2) is 0 Å². The number of hydrogen-bond donors (Lipinski definition) is 0. The molecule has 4 heteroatoms. The summed E-state index contributed by atoms with van der Waals surface area (Å²) < 4.78 is 3.82. The number of aromatic nitrogens is 2. The fourth-order valence-electron chi connectivity index (χ4n) is 3.50. The van der Waals surface area contributed by atoms with E-state index in [0.717, 1.165) is 17.6 Å². The van der Waals surface area contributed by atoms with Crippen LogP contribution in [-0.2, 0) is 13.1 Å². The number of hydrogen-bond acceptors (Lipinski definition) is 1. The van der Waals surface area contributed by atoms with Gasteiger partial charge in [0.1, 0.15) is 0 Å². The summed E-state index contributed by atoms with van der Waals surface area (Å²) in [6.07, 6.45) is 10.3. The first-order valence-electron chi connectivity index (χ1n) is 8.20. The Hall–Kier alpha value is -1.48. The minimum atomic E-state index is 0.103. The van der Waals surface area contributed by atoms with Crippen molar-refractivity contribution in [3.8, 4) is 0 Å². The van der Waals surface area contributed by atoms with Crippen LogP contribution in [0, 0.1) is 5.92 Å². The lowest BCUT2D eigenvalue weighted by atomic mass is 9.89. The smallest absolute Gasteiger partial charge is 0.292 e. The van der Waals surface area contributed by atoms with Gasteiger partial charge < -0.3 is 0 Å². The number of imidazole rings is 1. The third kappa shape index (κ3) is 3.14. The van der Waals surface area contributed by atoms with Crippen molar-refractivity contribution in [3.63, 3.8) is 0 Å². The van der Waals surface area contributed by atoms with Gasteiger partial charge in [-0.1, -0.05) is 43.5 Å². The predicted octanol–water partition coefficient (Wildman–Crippen LogP) is 4.18. The van der Waals surface area contributed by atoms with Crippen molar-refractivity contribution in [2.75, 3.05) is 5.88 Å². The first-order valence-corrected chi connectivity index (χ1v) is 8.73. The molecule has 1 fully saturated rings. The van der Waals surface area contributed by atoms with Crippen molar-refractivity contribution in [1.29, 1.82) is 0 Å². The van der Waals surface area contributed by atoms with Crippen LogP contribution in [0.2, 0.25) is 0 Å². The molecule has 0 N–H and O–H groups in total. The van der Waals surface area contributed by atoms with Gasteiger partial charge >= 0.3 is 5.69 Å². The van der Waals surface area contributed by atoms with Crippen molar-refractivity contribution >= 4 is 22.6 Å². The number of allylic oxidation sites excluding steroid dienone is 2. The third-order valence-corrected chi connectivity index (χ3v) is 4.81. The first-order chi connectivity index (χ1) is 10.8. The highest BCUT2D eigenvalue weighted by molar-refractivity contribution is 6.18. The molecule has 1 saturated carbocycles. The normalized spacial score (nSPS) is 16.8. The highest BCUT2D eigenvalue weighted by Crippen LogP contribution is 2.26. The average Bonchev–Trinajstić information content (AvgIpc) is 2.82. The van der Waals surface area contributed by atoms with Crippen molar-refractivity contribution in [1.82, 2.24) is 9.13 Å². The Morgan fingerprint density at radius 1 is 1.05 bits per heavy atom. The van der Waals surface area contributed by atoms with Crippen LogP contribution in [-0.4, -0.2) is 15.0 Å². The number of rotatable bonds is 5. The molecule has 1 aromatic carbocycles. The molecule has 0 atom stereocenters. The van der Waals surface area contributed by atoms with E-state index in [2.05, 4.69) is 6.07 Å². The maximum atomic E-state index is 12.8. The molecule has 0 radical (unpaired) electrons. The molecule has 0 amide bonds. The standard InChI is InChI=1S/C18H23ClN2O/c19-12-6-7-13-20-16-10-4-5-11-17(16)21(18(20)22)14-15-8-2-1-3-9-15/h4-7,10-11,15H,1-3,8-9,12-14H2/b7-6-. The zero-order valence-corrected chi connectivity index (χ0v) is 13.6. The highest BCUT2D eigenvalue weighted by Gasteiger charge is 2.18. The summed E-state index contributed by atoms with van der Waals surface area (Å²) >= 11 is 5.68. The Labute approximate surface area is 136 Å². The summed E-state index contributed by atoms with van der Waals surface area (Å²) in [5.74, 6) is 1.12. The van der Waals surface area contributed by atoms with Crippen LogP contribution < -0.4 is 5.69 Å². The molecule has 2 aromatic rings. The second-order valence-corrected chi connectivity index (χ2v) is 6.43. The molecular formula is C18H23ClN2O. The monoisotopic (exact) mass is 318 g/mol. The fraction of sp³-hybridized carbons (Fsp3) is 0.500. The van der Waals surface area contributed by atoms with E-state index in [1.165, 1.54) is 32.1 Å². The largest absolute Gasteiger partial charge is 0.329 e. The predicted molar refractivity (Wildman–Crippen MR) is 92.6 cm³/mol. The van der Waals surface area contributed by atoms with Gasteiger partial charge in [0, 0.05) is 19.0 Å². The van der Waals surface area contributed by atoms with E-state index in [9.17, 15) is 4.79 Å². The summed E-state index contributed by atoms with van der Waals surface area (Å²) in [7, 11) is 0. The molecule has 1 aliphatic rings. The minimum absolute atomic E-state index is 0.103. The molecule has 1 heterocycles. The second-order valence-electron chi connectivity index (χ2n) is 6.12. The fourth-order valence-corrected chi connectivity index (χ4v) is 3.62. The van der Waals surface area contributed by atoms with Crippen LogP contribution in [0.1, 0.15) is 32.1 Å². The molecule has 1 aromatic heterocycles. The van der Waals surface area contributed by atoms with E-state index in [4.69, 9.17) is 11.6 Å². The number of nitrogens with zero attached hydrogens (tertiary/aromatic N) is 2. The van der Waals surface area contributed by atoms with Gasteiger partial charge in [-0.05, 0) is 30.9 Å². The summed E-state index contributed by atoms with van der Waals surface area (Å²) in [5, 5.41) is 0. The quantitative estimate of drug-likeness (QED) is 0.600. The number of halogens is 1. The summed E-state index contributed by atoms with van der Waals surface area (Å²) in [6.45, 7) is 1.44. The van der Waals surface area contributed by atoms with Gasteiger partial charge in [-0.2, -0.15) is 0 Å². The maximum absolute atomic E-state index is 12.8. The van der Waals surface area contributed by atoms with Gasteiger partial charge in [0.25, 0.3) is 0 Å². The van der Waals surface area contributed by atoms with Gasteiger partial charge in [-0.15, -0.1) is 11.6 Å². The van der Waals surface area contributed by atoms with Crippen LogP contribution in [0.5, 0.6) is 0 Å². The Balaban J connectivity index is 1.96. The number of fused-ring (bicyclic) bond motifs is 1. The minimum Gasteiger partial charge on any atom is -0.292 e. The molecule has 0 aliphatic heterocycles. The summed E-state index contributed by atoms with van der Waals surface area (Å²) in [5.41, 5.74) is 2.17. The van der Waals surface area contributed by atoms with E-state index in [1.807, 2.05) is 39.5 Å². The molecule has 3 nitrogen and oxygen atoms in total. The molecule has 3 rings (SSSR count). The van der Waals surface area contributed by atoms with Gasteiger partial charge in [0.05, 0.1) is 11.0 Å². The van der Waals surface area contributed by atoms with Crippen LogP contribution >= 0.6 is 11.6 Å². The molecule has 22 heavy (non-hydrogen) atoms. The van der Waals surface area contributed by atoms with Crippen LogP contribution in [0.4, 0.5) is 0 Å².